The average Bonchev–Trinajstić information content (AvgIpc) is 2.60. The Labute approximate surface area is 161 Å². The molecule has 0 radical (unpaired) electrons. The van der Waals surface area contributed by atoms with Gasteiger partial charge < -0.3 is 4.74 Å². The quantitative estimate of drug-likeness (QED) is 0.487. The van der Waals surface area contributed by atoms with Gasteiger partial charge in [-0.3, -0.25) is 4.79 Å². The third kappa shape index (κ3) is 4.49. The Hall–Kier alpha value is -2.66. The molecule has 0 aliphatic rings. The van der Waals surface area contributed by atoms with Crippen LogP contribution in [-0.4, -0.2) is 18.7 Å². The number of nitrogens with zero attached hydrogens (tertiary/aromatic N) is 1. The molecule has 132 valence electrons. The molecule has 0 aliphatic heterocycles. The molecule has 4 nitrogen and oxygen atoms in total. The molecule has 0 spiro atoms. The summed E-state index contributed by atoms with van der Waals surface area (Å²) in [6, 6.07) is 18.1. The highest BCUT2D eigenvalue weighted by Crippen LogP contribution is 2.30. The minimum absolute atomic E-state index is 0.0996. The van der Waals surface area contributed by atoms with Gasteiger partial charge in [0.25, 0.3) is 5.91 Å². The summed E-state index contributed by atoms with van der Waals surface area (Å²) < 4.78 is 6.45. The molecule has 3 aromatic rings. The molecule has 1 amide bonds. The van der Waals surface area contributed by atoms with Gasteiger partial charge in [-0.1, -0.05) is 42.5 Å². The van der Waals surface area contributed by atoms with E-state index in [-0.39, 0.29) is 12.5 Å². The van der Waals surface area contributed by atoms with Gasteiger partial charge in [-0.2, -0.15) is 5.10 Å². The number of hydrogen-bond donors (Lipinski definition) is 1. The van der Waals surface area contributed by atoms with Gasteiger partial charge in [0.1, 0.15) is 5.75 Å². The van der Waals surface area contributed by atoms with Crippen molar-refractivity contribution in [1.82, 2.24) is 5.43 Å². The maximum Gasteiger partial charge on any atom is 0.277 e. The van der Waals surface area contributed by atoms with Crippen LogP contribution in [0.25, 0.3) is 10.8 Å². The number of rotatable bonds is 5. The summed E-state index contributed by atoms with van der Waals surface area (Å²) in [6.07, 6.45) is 1.62. The Morgan fingerprint density at radius 1 is 1.12 bits per heavy atom. The standard InChI is InChI=1S/C21H19BrN2O2/c1-14-9-15(2)21(19(22)10-14)26-13-20(25)24-23-12-16-7-8-17-5-3-4-6-18(17)11-16/h3-12H,13H2,1-2H3,(H,24,25)/b23-12-. The Balaban J connectivity index is 1.57. The summed E-state index contributed by atoms with van der Waals surface area (Å²) in [5.41, 5.74) is 5.52. The van der Waals surface area contributed by atoms with Crippen LogP contribution in [0.15, 0.2) is 64.2 Å². The Morgan fingerprint density at radius 3 is 2.65 bits per heavy atom. The van der Waals surface area contributed by atoms with Crippen LogP contribution in [0.1, 0.15) is 16.7 Å². The van der Waals surface area contributed by atoms with E-state index in [1.807, 2.05) is 62.4 Å². The van der Waals surface area contributed by atoms with E-state index in [4.69, 9.17) is 4.74 Å². The van der Waals surface area contributed by atoms with Crippen LogP contribution < -0.4 is 10.2 Å². The normalized spacial score (nSPS) is 11.0. The number of halogens is 1. The number of benzene rings is 3. The minimum Gasteiger partial charge on any atom is -0.482 e. The molecule has 0 bridgehead atoms. The predicted molar refractivity (Wildman–Crippen MR) is 109 cm³/mol. The summed E-state index contributed by atoms with van der Waals surface area (Å²) in [5, 5.41) is 6.30. The fourth-order valence-electron chi connectivity index (χ4n) is 2.72. The zero-order valence-electron chi connectivity index (χ0n) is 14.6. The summed E-state index contributed by atoms with van der Waals surface area (Å²) in [5.74, 6) is 0.359. The molecule has 5 heteroatoms. The van der Waals surface area contributed by atoms with Crippen molar-refractivity contribution < 1.29 is 9.53 Å². The molecule has 0 unspecified atom stereocenters. The Morgan fingerprint density at radius 2 is 1.88 bits per heavy atom. The molecule has 0 fully saturated rings. The second-order valence-corrected chi connectivity index (χ2v) is 6.94. The molecule has 0 heterocycles. The zero-order valence-corrected chi connectivity index (χ0v) is 16.2. The number of hydrazone groups is 1. The summed E-state index contributed by atoms with van der Waals surface area (Å²) in [6.45, 7) is 3.86. The van der Waals surface area contributed by atoms with Crippen LogP contribution in [0.5, 0.6) is 5.75 Å². The second kappa shape index (κ2) is 8.15. The van der Waals surface area contributed by atoms with E-state index >= 15 is 0 Å². The van der Waals surface area contributed by atoms with Crippen molar-refractivity contribution in [2.45, 2.75) is 13.8 Å². The summed E-state index contributed by atoms with van der Waals surface area (Å²) in [7, 11) is 0. The topological polar surface area (TPSA) is 50.7 Å². The van der Waals surface area contributed by atoms with Crippen molar-refractivity contribution in [1.29, 1.82) is 0 Å². The lowest BCUT2D eigenvalue weighted by atomic mass is 10.1. The highest BCUT2D eigenvalue weighted by molar-refractivity contribution is 9.10. The molecular weight excluding hydrogens is 392 g/mol. The van der Waals surface area contributed by atoms with Gasteiger partial charge >= 0.3 is 0 Å². The number of carbonyl (C=O) groups is 1. The molecule has 1 N–H and O–H groups in total. The van der Waals surface area contributed by atoms with Crippen molar-refractivity contribution >= 4 is 38.8 Å². The number of fused-ring (bicyclic) bond motifs is 1. The molecule has 0 aromatic heterocycles. The third-order valence-electron chi connectivity index (χ3n) is 3.90. The first-order valence-corrected chi connectivity index (χ1v) is 9.02. The van der Waals surface area contributed by atoms with Crippen LogP contribution >= 0.6 is 15.9 Å². The Kier molecular flexibility index (Phi) is 5.68. The molecule has 26 heavy (non-hydrogen) atoms. The lowest BCUT2D eigenvalue weighted by Crippen LogP contribution is -2.24. The molecule has 0 saturated heterocycles. The third-order valence-corrected chi connectivity index (χ3v) is 4.49. The Bertz CT molecular complexity index is 960. The smallest absolute Gasteiger partial charge is 0.277 e. The fraction of sp³-hybridized carbons (Fsp3) is 0.143. The van der Waals surface area contributed by atoms with Gasteiger partial charge in [-0.05, 0) is 69.4 Å². The first-order valence-electron chi connectivity index (χ1n) is 8.23. The monoisotopic (exact) mass is 410 g/mol. The number of amides is 1. The highest BCUT2D eigenvalue weighted by Gasteiger charge is 2.08. The maximum absolute atomic E-state index is 11.9. The largest absolute Gasteiger partial charge is 0.482 e. The molecule has 3 aromatic carbocycles. The van der Waals surface area contributed by atoms with Gasteiger partial charge in [0, 0.05) is 0 Å². The lowest BCUT2D eigenvalue weighted by Gasteiger charge is -2.11. The first-order chi connectivity index (χ1) is 12.5. The molecule has 0 aliphatic carbocycles. The van der Waals surface area contributed by atoms with Crippen LogP contribution in [0.4, 0.5) is 0 Å². The van der Waals surface area contributed by atoms with Crippen LogP contribution in [0.3, 0.4) is 0 Å². The van der Waals surface area contributed by atoms with Gasteiger partial charge in [0.15, 0.2) is 6.61 Å². The molecular formula is C21H19BrN2O2. The van der Waals surface area contributed by atoms with E-state index in [2.05, 4.69) is 32.5 Å². The van der Waals surface area contributed by atoms with E-state index < -0.39 is 0 Å². The number of aryl methyl sites for hydroxylation is 2. The van der Waals surface area contributed by atoms with Gasteiger partial charge in [-0.25, -0.2) is 5.43 Å². The van der Waals surface area contributed by atoms with Crippen molar-refractivity contribution in [3.8, 4) is 5.75 Å². The number of ether oxygens (including phenoxy) is 1. The molecule has 0 saturated carbocycles. The van der Waals surface area contributed by atoms with Gasteiger partial charge in [0.05, 0.1) is 10.7 Å². The van der Waals surface area contributed by atoms with E-state index in [0.29, 0.717) is 5.75 Å². The number of hydrogen-bond acceptors (Lipinski definition) is 3. The van der Waals surface area contributed by atoms with Crippen LogP contribution in [-0.2, 0) is 4.79 Å². The zero-order chi connectivity index (χ0) is 18.5. The average molecular weight is 411 g/mol. The van der Waals surface area contributed by atoms with Gasteiger partial charge in [-0.15, -0.1) is 0 Å². The van der Waals surface area contributed by atoms with E-state index in [0.717, 1.165) is 26.5 Å². The number of carbonyl (C=O) groups excluding carboxylic acids is 1. The van der Waals surface area contributed by atoms with E-state index in [9.17, 15) is 4.79 Å². The van der Waals surface area contributed by atoms with Crippen molar-refractivity contribution in [3.63, 3.8) is 0 Å². The van der Waals surface area contributed by atoms with E-state index in [1.165, 1.54) is 5.39 Å². The molecule has 0 atom stereocenters. The fourth-order valence-corrected chi connectivity index (χ4v) is 3.51. The maximum atomic E-state index is 11.9. The number of nitrogens with one attached hydrogen (secondary N) is 1. The second-order valence-electron chi connectivity index (χ2n) is 6.08. The van der Waals surface area contributed by atoms with Crippen LogP contribution in [0, 0.1) is 13.8 Å². The first kappa shape index (κ1) is 18.1. The summed E-state index contributed by atoms with van der Waals surface area (Å²) in [4.78, 5) is 11.9. The summed E-state index contributed by atoms with van der Waals surface area (Å²) >= 11 is 3.46. The highest BCUT2D eigenvalue weighted by atomic mass is 79.9. The van der Waals surface area contributed by atoms with E-state index in [1.54, 1.807) is 6.21 Å². The van der Waals surface area contributed by atoms with Gasteiger partial charge in [0.2, 0.25) is 0 Å². The minimum atomic E-state index is -0.311. The predicted octanol–water partition coefficient (Wildman–Crippen LogP) is 4.75. The van der Waals surface area contributed by atoms with Crippen molar-refractivity contribution in [2.75, 3.05) is 6.61 Å². The van der Waals surface area contributed by atoms with Crippen LogP contribution in [0.2, 0.25) is 0 Å². The van der Waals surface area contributed by atoms with Crippen molar-refractivity contribution in [2.24, 2.45) is 5.10 Å². The van der Waals surface area contributed by atoms with Crippen molar-refractivity contribution in [3.05, 3.63) is 75.8 Å². The molecule has 3 rings (SSSR count). The lowest BCUT2D eigenvalue weighted by molar-refractivity contribution is -0.123. The SMILES string of the molecule is Cc1cc(C)c(OCC(=O)N/N=C\c2ccc3ccccc3c2)c(Br)c1.